The van der Waals surface area contributed by atoms with Crippen LogP contribution in [0.3, 0.4) is 0 Å². The molecule has 4 aromatic carbocycles. The summed E-state index contributed by atoms with van der Waals surface area (Å²) in [7, 11) is 0. The number of ether oxygens (including phenoxy) is 1. The third-order valence-electron chi connectivity index (χ3n) is 7.08. The Morgan fingerprint density at radius 1 is 0.927 bits per heavy atom. The number of hydrogen-bond donors (Lipinski definition) is 3. The van der Waals surface area contributed by atoms with Gasteiger partial charge in [0.2, 0.25) is 0 Å². The van der Waals surface area contributed by atoms with E-state index >= 15 is 0 Å². The Morgan fingerprint density at radius 3 is 2.32 bits per heavy atom. The van der Waals surface area contributed by atoms with Crippen molar-refractivity contribution < 1.29 is 32.9 Å². The van der Waals surface area contributed by atoms with Crippen LogP contribution < -0.4 is 5.32 Å². The van der Waals surface area contributed by atoms with Crippen molar-refractivity contribution in [2.75, 3.05) is 13.2 Å². The number of aliphatic hydroxyl groups is 1. The molecule has 0 spiro atoms. The molecule has 41 heavy (non-hydrogen) atoms. The van der Waals surface area contributed by atoms with E-state index in [0.29, 0.717) is 17.7 Å². The van der Waals surface area contributed by atoms with E-state index < -0.39 is 35.5 Å². The summed E-state index contributed by atoms with van der Waals surface area (Å²) in [5, 5.41) is 25.6. The van der Waals surface area contributed by atoms with Crippen LogP contribution in [0.5, 0.6) is 0 Å². The number of nitrogens with one attached hydrogen (secondary N) is 1. The summed E-state index contributed by atoms with van der Waals surface area (Å²) in [5.41, 5.74) is 0.223. The third kappa shape index (κ3) is 7.73. The Bertz CT molecular complexity index is 1520. The molecule has 0 radical (unpaired) electrons. The van der Waals surface area contributed by atoms with Gasteiger partial charge in [0.15, 0.2) is 0 Å². The van der Waals surface area contributed by atoms with E-state index in [2.05, 4.69) is 49.5 Å². The third-order valence-corrected chi connectivity index (χ3v) is 7.08. The number of benzene rings is 4. The largest absolute Gasteiger partial charge is 0.478 e. The molecular formula is C33H34F3NO4. The Labute approximate surface area is 237 Å². The second kappa shape index (κ2) is 12.4. The molecule has 4 aromatic rings. The normalized spacial score (nSPS) is 13.7. The zero-order chi connectivity index (χ0) is 29.8. The van der Waals surface area contributed by atoms with Gasteiger partial charge in [0.05, 0.1) is 29.9 Å². The van der Waals surface area contributed by atoms with Gasteiger partial charge in [-0.05, 0) is 72.4 Å². The van der Waals surface area contributed by atoms with Gasteiger partial charge in [0, 0.05) is 12.1 Å². The lowest BCUT2D eigenvalue weighted by molar-refractivity contribution is -0.138. The van der Waals surface area contributed by atoms with Gasteiger partial charge < -0.3 is 20.3 Å². The van der Waals surface area contributed by atoms with Crippen LogP contribution in [0.25, 0.3) is 21.9 Å². The maximum absolute atomic E-state index is 13.6. The Hall–Kier alpha value is -3.72. The minimum absolute atomic E-state index is 0.0142. The molecular weight excluding hydrogens is 531 g/mol. The molecule has 0 amide bonds. The zero-order valence-corrected chi connectivity index (χ0v) is 23.2. The van der Waals surface area contributed by atoms with Crippen LogP contribution in [-0.2, 0) is 17.3 Å². The first-order valence-electron chi connectivity index (χ1n) is 13.4. The lowest BCUT2D eigenvalue weighted by atomic mass is 9.93. The molecule has 0 heterocycles. The van der Waals surface area contributed by atoms with Crippen molar-refractivity contribution in [1.82, 2.24) is 5.32 Å². The van der Waals surface area contributed by atoms with E-state index in [4.69, 9.17) is 4.74 Å². The van der Waals surface area contributed by atoms with Gasteiger partial charge in [-0.1, -0.05) is 72.8 Å². The van der Waals surface area contributed by atoms with Crippen LogP contribution >= 0.6 is 0 Å². The summed E-state index contributed by atoms with van der Waals surface area (Å²) in [5.74, 6) is -1.64. The number of carbonyl (C=O) groups is 1. The molecule has 0 aliphatic heterocycles. The first kappa shape index (κ1) is 30.2. The van der Waals surface area contributed by atoms with Crippen LogP contribution in [0.4, 0.5) is 13.2 Å². The molecule has 0 aliphatic carbocycles. The number of hydrogen-bond acceptors (Lipinski definition) is 4. The predicted octanol–water partition coefficient (Wildman–Crippen LogP) is 7.27. The smallest absolute Gasteiger partial charge is 0.417 e. The number of aliphatic hydroxyl groups excluding tert-OH is 1. The summed E-state index contributed by atoms with van der Waals surface area (Å²) < 4.78 is 46.7. The fourth-order valence-corrected chi connectivity index (χ4v) is 4.97. The molecule has 5 nitrogen and oxygen atoms in total. The lowest BCUT2D eigenvalue weighted by Crippen LogP contribution is -2.46. The van der Waals surface area contributed by atoms with E-state index in [9.17, 15) is 28.2 Å². The first-order valence-corrected chi connectivity index (χ1v) is 13.4. The second-order valence-electron chi connectivity index (χ2n) is 10.9. The molecule has 0 saturated heterocycles. The average molecular weight is 566 g/mol. The summed E-state index contributed by atoms with van der Waals surface area (Å²) in [6, 6.07) is 24.6. The van der Waals surface area contributed by atoms with E-state index in [1.165, 1.54) is 22.4 Å². The number of β-amino-alcohol motifs (C(OH)–C–C–N with tert-alkyl or cyclic N) is 1. The minimum atomic E-state index is -4.82. The predicted molar refractivity (Wildman–Crippen MR) is 154 cm³/mol. The number of rotatable bonds is 11. The van der Waals surface area contributed by atoms with Crippen molar-refractivity contribution in [2.45, 2.75) is 51.1 Å². The number of aromatic carboxylic acids is 1. The summed E-state index contributed by atoms with van der Waals surface area (Å²) in [6.45, 7) is 6.21. The second-order valence-corrected chi connectivity index (χ2v) is 10.9. The van der Waals surface area contributed by atoms with Crippen molar-refractivity contribution in [1.29, 1.82) is 0 Å². The molecule has 0 aliphatic rings. The van der Waals surface area contributed by atoms with Crippen LogP contribution in [-0.4, -0.2) is 41.0 Å². The van der Waals surface area contributed by atoms with Crippen LogP contribution in [0.1, 0.15) is 53.9 Å². The van der Waals surface area contributed by atoms with Gasteiger partial charge in [-0.2, -0.15) is 13.2 Å². The van der Waals surface area contributed by atoms with Gasteiger partial charge in [0.1, 0.15) is 0 Å². The molecule has 0 unspecified atom stereocenters. The SMILES string of the molecule is C[C@@H](OC[C@H](O)CNC(C)(C)Cc1ccc2ccccc2c1)c1ccccc1-c1ccc(C(=O)O)c(C(F)(F)F)c1. The molecule has 4 rings (SSSR count). The molecule has 2 atom stereocenters. The standard InChI is InChI=1S/C33H34F3NO4/c1-21(27-10-6-7-11-28(27)25-14-15-29(31(39)40)30(17-25)33(34,35)36)41-20-26(38)19-37-32(2,3)18-22-12-13-23-8-4-5-9-24(23)16-22/h4-17,21,26,37-38H,18-20H2,1-3H3,(H,39,40)/t21-,26-/m1/s1. The highest BCUT2D eigenvalue weighted by Crippen LogP contribution is 2.37. The number of fused-ring (bicyclic) bond motifs is 1. The van der Waals surface area contributed by atoms with Gasteiger partial charge in [-0.15, -0.1) is 0 Å². The van der Waals surface area contributed by atoms with Gasteiger partial charge in [-0.25, -0.2) is 4.79 Å². The monoisotopic (exact) mass is 565 g/mol. The van der Waals surface area contributed by atoms with Gasteiger partial charge in [0.25, 0.3) is 0 Å². The Kier molecular flexibility index (Phi) is 9.17. The quantitative estimate of drug-likeness (QED) is 0.178. The van der Waals surface area contributed by atoms with Crippen molar-refractivity contribution in [3.8, 4) is 11.1 Å². The molecule has 0 aromatic heterocycles. The molecule has 0 saturated carbocycles. The molecule has 3 N–H and O–H groups in total. The van der Waals surface area contributed by atoms with Gasteiger partial charge in [-0.3, -0.25) is 0 Å². The highest BCUT2D eigenvalue weighted by Gasteiger charge is 2.36. The van der Waals surface area contributed by atoms with Crippen molar-refractivity contribution in [3.05, 3.63) is 107 Å². The van der Waals surface area contributed by atoms with Crippen LogP contribution in [0.2, 0.25) is 0 Å². The average Bonchev–Trinajstić information content (AvgIpc) is 2.93. The number of carboxylic acid groups (broad SMARTS) is 1. The zero-order valence-electron chi connectivity index (χ0n) is 23.2. The molecule has 216 valence electrons. The molecule has 8 heteroatoms. The van der Waals surface area contributed by atoms with Crippen molar-refractivity contribution in [2.24, 2.45) is 0 Å². The van der Waals surface area contributed by atoms with E-state index in [1.807, 2.05) is 12.1 Å². The van der Waals surface area contributed by atoms with Crippen LogP contribution in [0, 0.1) is 0 Å². The Morgan fingerprint density at radius 2 is 1.61 bits per heavy atom. The Balaban J connectivity index is 1.39. The number of halogens is 3. The maximum Gasteiger partial charge on any atom is 0.417 e. The number of carboxylic acids is 1. The fraction of sp³-hybridized carbons (Fsp3) is 0.303. The van der Waals surface area contributed by atoms with Crippen molar-refractivity contribution in [3.63, 3.8) is 0 Å². The highest BCUT2D eigenvalue weighted by atomic mass is 19.4. The summed E-state index contributed by atoms with van der Waals surface area (Å²) in [4.78, 5) is 11.3. The summed E-state index contributed by atoms with van der Waals surface area (Å²) in [6.07, 6.45) is -5.41. The van der Waals surface area contributed by atoms with Gasteiger partial charge >= 0.3 is 12.1 Å². The first-order chi connectivity index (χ1) is 19.3. The van der Waals surface area contributed by atoms with Crippen LogP contribution in [0.15, 0.2) is 84.9 Å². The molecule has 0 bridgehead atoms. The van der Waals surface area contributed by atoms with Crippen molar-refractivity contribution >= 4 is 16.7 Å². The highest BCUT2D eigenvalue weighted by molar-refractivity contribution is 5.90. The maximum atomic E-state index is 13.6. The van der Waals surface area contributed by atoms with E-state index in [-0.39, 0.29) is 17.7 Å². The van der Waals surface area contributed by atoms with E-state index in [1.54, 1.807) is 31.2 Å². The fourth-order valence-electron chi connectivity index (χ4n) is 4.97. The number of alkyl halides is 3. The van der Waals surface area contributed by atoms with E-state index in [0.717, 1.165) is 18.6 Å². The topological polar surface area (TPSA) is 78.8 Å². The minimum Gasteiger partial charge on any atom is -0.478 e. The molecule has 0 fully saturated rings. The summed E-state index contributed by atoms with van der Waals surface area (Å²) >= 11 is 0. The lowest BCUT2D eigenvalue weighted by Gasteiger charge is -2.28.